The van der Waals surface area contributed by atoms with Crippen molar-refractivity contribution in [3.05, 3.63) is 145 Å². The van der Waals surface area contributed by atoms with Gasteiger partial charge < -0.3 is 8.83 Å². The molecule has 0 unspecified atom stereocenters. The third-order valence-electron chi connectivity index (χ3n) is 8.89. The minimum atomic E-state index is 0.449. The van der Waals surface area contributed by atoms with E-state index in [9.17, 15) is 0 Å². The summed E-state index contributed by atoms with van der Waals surface area (Å²) in [6, 6.07) is 38.9. The molecule has 6 heteroatoms. The van der Waals surface area contributed by atoms with E-state index in [4.69, 9.17) is 28.8 Å². The van der Waals surface area contributed by atoms with Crippen LogP contribution in [0.15, 0.2) is 143 Å². The second-order valence-electron chi connectivity index (χ2n) is 11.8. The van der Waals surface area contributed by atoms with Crippen LogP contribution in [-0.2, 0) is 0 Å². The van der Waals surface area contributed by atoms with Crippen molar-refractivity contribution in [2.45, 2.75) is 6.92 Å². The summed E-state index contributed by atoms with van der Waals surface area (Å²) in [5.41, 5.74) is 7.59. The predicted octanol–water partition coefficient (Wildman–Crippen LogP) is 11.4. The van der Waals surface area contributed by atoms with E-state index in [1.807, 2.05) is 79.7 Å². The van der Waals surface area contributed by atoms with Gasteiger partial charge in [0.25, 0.3) is 0 Å². The number of rotatable bonds is 6. The van der Waals surface area contributed by atoms with Crippen LogP contribution in [0.1, 0.15) is 18.2 Å². The lowest BCUT2D eigenvalue weighted by Gasteiger charge is -2.09. The third-order valence-corrected chi connectivity index (χ3v) is 8.89. The number of nitrogens with zero attached hydrogens (tertiary/aromatic N) is 4. The van der Waals surface area contributed by atoms with Crippen molar-refractivity contribution in [1.82, 2.24) is 19.9 Å². The third kappa shape index (κ3) is 4.81. The highest BCUT2D eigenvalue weighted by Gasteiger charge is 2.22. The van der Waals surface area contributed by atoms with E-state index in [2.05, 4.69) is 67.2 Å². The SMILES string of the molecule is C=Cc1c(/C=C\C)oc2cccc(-c3nc(-c4ccccc4)nc(-c4nccc5oc6cc(-c7ccc8ccccc8c7)ccc6c45)n3)c12. The predicted molar refractivity (Wildman–Crippen MR) is 199 cm³/mol. The Morgan fingerprint density at radius 1 is 0.592 bits per heavy atom. The first-order chi connectivity index (χ1) is 24.2. The Kier molecular flexibility index (Phi) is 6.73. The van der Waals surface area contributed by atoms with Crippen molar-refractivity contribution in [3.8, 4) is 45.4 Å². The molecule has 6 nitrogen and oxygen atoms in total. The average Bonchev–Trinajstić information content (AvgIpc) is 3.72. The van der Waals surface area contributed by atoms with E-state index in [1.165, 1.54) is 10.8 Å². The highest BCUT2D eigenvalue weighted by molar-refractivity contribution is 6.11. The van der Waals surface area contributed by atoms with Gasteiger partial charge in [-0.2, -0.15) is 0 Å². The van der Waals surface area contributed by atoms with Gasteiger partial charge in [-0.05, 0) is 65.2 Å². The molecule has 0 N–H and O–H groups in total. The number of pyridine rings is 1. The molecule has 0 aliphatic heterocycles. The zero-order valence-electron chi connectivity index (χ0n) is 26.6. The highest BCUT2D eigenvalue weighted by atomic mass is 16.3. The van der Waals surface area contributed by atoms with Gasteiger partial charge in [0.2, 0.25) is 0 Å². The molecule has 4 aromatic heterocycles. The molecule has 0 radical (unpaired) electrons. The first-order valence-electron chi connectivity index (χ1n) is 16.1. The lowest BCUT2D eigenvalue weighted by Crippen LogP contribution is -2.01. The Balaban J connectivity index is 1.25. The number of fused-ring (bicyclic) bond motifs is 5. The maximum atomic E-state index is 6.47. The van der Waals surface area contributed by atoms with Crippen molar-refractivity contribution in [1.29, 1.82) is 0 Å². The molecule has 4 heterocycles. The van der Waals surface area contributed by atoms with Crippen LogP contribution < -0.4 is 0 Å². The maximum absolute atomic E-state index is 6.47. The number of aromatic nitrogens is 4. The molecule has 0 atom stereocenters. The molecule has 9 aromatic rings. The normalized spacial score (nSPS) is 11.8. The fourth-order valence-corrected chi connectivity index (χ4v) is 6.61. The molecule has 0 fully saturated rings. The Morgan fingerprint density at radius 3 is 2.20 bits per heavy atom. The van der Waals surface area contributed by atoms with E-state index in [0.29, 0.717) is 28.8 Å². The van der Waals surface area contributed by atoms with Gasteiger partial charge in [-0.25, -0.2) is 15.0 Å². The van der Waals surface area contributed by atoms with Gasteiger partial charge in [0.05, 0.1) is 5.39 Å². The molecule has 0 aliphatic rings. The number of hydrogen-bond donors (Lipinski definition) is 0. The van der Waals surface area contributed by atoms with Crippen LogP contribution in [-0.4, -0.2) is 19.9 Å². The van der Waals surface area contributed by atoms with E-state index in [0.717, 1.165) is 60.9 Å². The summed E-state index contributed by atoms with van der Waals surface area (Å²) in [6.45, 7) is 6.05. The molecule has 0 spiro atoms. The van der Waals surface area contributed by atoms with Crippen LogP contribution >= 0.6 is 0 Å². The van der Waals surface area contributed by atoms with E-state index < -0.39 is 0 Å². The summed E-state index contributed by atoms with van der Waals surface area (Å²) in [6.07, 6.45) is 7.45. The molecule has 5 aromatic carbocycles. The Morgan fingerprint density at radius 2 is 1.35 bits per heavy atom. The summed E-state index contributed by atoms with van der Waals surface area (Å²) < 4.78 is 12.7. The van der Waals surface area contributed by atoms with Crippen molar-refractivity contribution in [2.24, 2.45) is 0 Å². The number of allylic oxidation sites excluding steroid dienone is 1. The number of benzene rings is 5. The van der Waals surface area contributed by atoms with Crippen molar-refractivity contribution < 1.29 is 8.83 Å². The standard InChI is InChI=1S/C43H28N4O2/c1-3-11-34-31(4-2)38-33(16-10-17-35(38)48-34)42-45-41(27-13-6-5-7-14-27)46-43(47-42)40-39-32-21-20-30(25-37(32)49-36(39)22-23-44-40)29-19-18-26-12-8-9-15-28(26)24-29/h3-25H,2H2,1H3/b11-3-. The van der Waals surface area contributed by atoms with Gasteiger partial charge in [-0.15, -0.1) is 0 Å². The molecular weight excluding hydrogens is 604 g/mol. The zero-order valence-corrected chi connectivity index (χ0v) is 26.6. The Bertz CT molecular complexity index is 2760. The summed E-state index contributed by atoms with van der Waals surface area (Å²) in [7, 11) is 0. The van der Waals surface area contributed by atoms with Gasteiger partial charge in [0, 0.05) is 33.7 Å². The molecule has 0 saturated carbocycles. The second-order valence-corrected chi connectivity index (χ2v) is 11.8. The van der Waals surface area contributed by atoms with Gasteiger partial charge in [0.1, 0.15) is 28.2 Å². The van der Waals surface area contributed by atoms with Crippen LogP contribution in [0, 0.1) is 0 Å². The number of hydrogen-bond acceptors (Lipinski definition) is 6. The smallest absolute Gasteiger partial charge is 0.183 e. The van der Waals surface area contributed by atoms with Crippen LogP contribution in [0.25, 0.3) is 101 Å². The average molecular weight is 633 g/mol. The maximum Gasteiger partial charge on any atom is 0.183 e. The van der Waals surface area contributed by atoms with E-state index >= 15 is 0 Å². The van der Waals surface area contributed by atoms with Crippen molar-refractivity contribution in [3.63, 3.8) is 0 Å². The van der Waals surface area contributed by atoms with Gasteiger partial charge in [-0.3, -0.25) is 4.98 Å². The quantitative estimate of drug-likeness (QED) is 0.181. The van der Waals surface area contributed by atoms with Gasteiger partial charge in [0.15, 0.2) is 17.5 Å². The summed E-state index contributed by atoms with van der Waals surface area (Å²) >= 11 is 0. The molecular formula is C43H28N4O2. The Hall–Kier alpha value is -6.66. The zero-order chi connectivity index (χ0) is 32.9. The van der Waals surface area contributed by atoms with Crippen molar-refractivity contribution in [2.75, 3.05) is 0 Å². The lowest BCUT2D eigenvalue weighted by molar-refractivity contribution is 0.603. The summed E-state index contributed by atoms with van der Waals surface area (Å²) in [5.74, 6) is 2.23. The highest BCUT2D eigenvalue weighted by Crippen LogP contribution is 2.39. The van der Waals surface area contributed by atoms with Gasteiger partial charge >= 0.3 is 0 Å². The number of furan rings is 2. The Labute approximate surface area is 281 Å². The van der Waals surface area contributed by atoms with Crippen molar-refractivity contribution >= 4 is 55.8 Å². The first-order valence-corrected chi connectivity index (χ1v) is 16.1. The summed E-state index contributed by atoms with van der Waals surface area (Å²) in [4.78, 5) is 20.0. The largest absolute Gasteiger partial charge is 0.456 e. The molecule has 0 aliphatic carbocycles. The van der Waals surface area contributed by atoms with Crippen LogP contribution in [0.2, 0.25) is 0 Å². The lowest BCUT2D eigenvalue weighted by atomic mass is 10.00. The molecule has 9 rings (SSSR count). The molecule has 0 saturated heterocycles. The topological polar surface area (TPSA) is 77.8 Å². The fraction of sp³-hybridized carbons (Fsp3) is 0.0233. The molecule has 0 amide bonds. The molecule has 0 bridgehead atoms. The van der Waals surface area contributed by atoms with Crippen LogP contribution in [0.4, 0.5) is 0 Å². The van der Waals surface area contributed by atoms with Gasteiger partial charge in [-0.1, -0.05) is 104 Å². The monoisotopic (exact) mass is 632 g/mol. The fourth-order valence-electron chi connectivity index (χ4n) is 6.61. The van der Waals surface area contributed by atoms with Crippen LogP contribution in [0.5, 0.6) is 0 Å². The minimum Gasteiger partial charge on any atom is -0.456 e. The summed E-state index contributed by atoms with van der Waals surface area (Å²) in [5, 5.41) is 5.08. The van der Waals surface area contributed by atoms with Crippen LogP contribution in [0.3, 0.4) is 0 Å². The molecule has 49 heavy (non-hydrogen) atoms. The van der Waals surface area contributed by atoms with E-state index in [-0.39, 0.29) is 0 Å². The van der Waals surface area contributed by atoms with E-state index in [1.54, 1.807) is 6.20 Å². The minimum absolute atomic E-state index is 0.449. The second kappa shape index (κ2) is 11.5. The molecule has 232 valence electrons. The first kappa shape index (κ1) is 28.6.